The molecule has 1 fully saturated rings. The fourth-order valence-electron chi connectivity index (χ4n) is 3.46. The number of hydrogen-bond donors (Lipinski definition) is 1. The van der Waals surface area contributed by atoms with Gasteiger partial charge in [-0.3, -0.25) is 9.69 Å². The number of carbonyl (C=O) groups excluding carboxylic acids is 1. The summed E-state index contributed by atoms with van der Waals surface area (Å²) >= 11 is 6.03. The van der Waals surface area contributed by atoms with Crippen molar-refractivity contribution < 1.29 is 9.90 Å². The van der Waals surface area contributed by atoms with E-state index < -0.39 is 0 Å². The highest BCUT2D eigenvalue weighted by Crippen LogP contribution is 2.23. The lowest BCUT2D eigenvalue weighted by atomic mass is 9.90. The molecule has 0 spiro atoms. The molecule has 0 amide bonds. The summed E-state index contributed by atoms with van der Waals surface area (Å²) in [5, 5.41) is 9.39. The van der Waals surface area contributed by atoms with Gasteiger partial charge in [-0.1, -0.05) is 47.7 Å². The van der Waals surface area contributed by atoms with Crippen molar-refractivity contribution in [2.24, 2.45) is 5.92 Å². The van der Waals surface area contributed by atoms with E-state index in [0.29, 0.717) is 17.0 Å². The average molecular weight is 382 g/mol. The first-order valence-electron chi connectivity index (χ1n) is 9.36. The lowest BCUT2D eigenvalue weighted by Crippen LogP contribution is -2.38. The second kappa shape index (κ2) is 9.71. The fraction of sp³-hybridized carbons (Fsp3) is 0.348. The van der Waals surface area contributed by atoms with Crippen LogP contribution >= 0.6 is 11.6 Å². The van der Waals surface area contributed by atoms with Gasteiger partial charge in [0, 0.05) is 41.6 Å². The molecule has 2 aromatic rings. The lowest BCUT2D eigenvalue weighted by Gasteiger charge is -2.32. The standard InChI is InChI=1S/C23H24ClNO2/c24-22-8-3-6-20(15-22)23(27)21-7-4-13-25(17-21)16-19-11-9-18(10-12-19)5-1-2-14-26/h3,6,8-12,15,21,26H,2,4,7,13-14,16-17H2/t21-/m1/s1. The number of benzene rings is 2. The molecule has 3 rings (SSSR count). The van der Waals surface area contributed by atoms with Crippen LogP contribution in [0.25, 0.3) is 0 Å². The summed E-state index contributed by atoms with van der Waals surface area (Å²) in [5.74, 6) is 6.19. The number of Topliss-reactive ketones (excluding diaryl/α,β-unsaturated/α-hetero) is 1. The van der Waals surface area contributed by atoms with E-state index in [4.69, 9.17) is 16.7 Å². The minimum absolute atomic E-state index is 0.0286. The Morgan fingerprint density at radius 1 is 1.22 bits per heavy atom. The van der Waals surface area contributed by atoms with E-state index in [-0.39, 0.29) is 18.3 Å². The van der Waals surface area contributed by atoms with Gasteiger partial charge in [0.15, 0.2) is 5.78 Å². The first-order valence-corrected chi connectivity index (χ1v) is 9.74. The highest BCUT2D eigenvalue weighted by molar-refractivity contribution is 6.31. The summed E-state index contributed by atoms with van der Waals surface area (Å²) in [6.45, 7) is 2.72. The van der Waals surface area contributed by atoms with Crippen LogP contribution in [0.2, 0.25) is 5.02 Å². The predicted octanol–water partition coefficient (Wildman–Crippen LogP) is 4.17. The van der Waals surface area contributed by atoms with E-state index in [1.54, 1.807) is 12.1 Å². The molecule has 0 radical (unpaired) electrons. The van der Waals surface area contributed by atoms with Gasteiger partial charge in [-0.2, -0.15) is 0 Å². The molecule has 1 N–H and O–H groups in total. The number of carbonyl (C=O) groups is 1. The molecule has 3 nitrogen and oxygen atoms in total. The molecule has 27 heavy (non-hydrogen) atoms. The molecule has 0 bridgehead atoms. The van der Waals surface area contributed by atoms with Crippen LogP contribution in [0.5, 0.6) is 0 Å². The topological polar surface area (TPSA) is 40.5 Å². The first-order chi connectivity index (χ1) is 13.2. The number of aliphatic hydroxyl groups is 1. The number of likely N-dealkylation sites (tertiary alicyclic amines) is 1. The third-order valence-electron chi connectivity index (χ3n) is 4.82. The Balaban J connectivity index is 1.60. The molecule has 1 heterocycles. The van der Waals surface area contributed by atoms with Gasteiger partial charge in [0.05, 0.1) is 6.61 Å². The van der Waals surface area contributed by atoms with E-state index in [9.17, 15) is 4.79 Å². The van der Waals surface area contributed by atoms with Crippen molar-refractivity contribution in [2.45, 2.75) is 25.8 Å². The third kappa shape index (κ3) is 5.68. The monoisotopic (exact) mass is 381 g/mol. The van der Waals surface area contributed by atoms with Gasteiger partial charge in [-0.05, 0) is 49.2 Å². The number of rotatable bonds is 5. The second-order valence-electron chi connectivity index (χ2n) is 6.92. The predicted molar refractivity (Wildman–Crippen MR) is 109 cm³/mol. The Morgan fingerprint density at radius 2 is 2.04 bits per heavy atom. The van der Waals surface area contributed by atoms with Crippen LogP contribution in [0.4, 0.5) is 0 Å². The third-order valence-corrected chi connectivity index (χ3v) is 5.05. The van der Waals surface area contributed by atoms with Crippen LogP contribution in [0, 0.1) is 17.8 Å². The zero-order valence-electron chi connectivity index (χ0n) is 15.3. The van der Waals surface area contributed by atoms with Crippen molar-refractivity contribution in [3.05, 3.63) is 70.2 Å². The summed E-state index contributed by atoms with van der Waals surface area (Å²) < 4.78 is 0. The normalized spacial score (nSPS) is 17.2. The minimum atomic E-state index is 0.0286. The molecule has 0 aliphatic carbocycles. The number of piperidine rings is 1. The summed E-state index contributed by atoms with van der Waals surface area (Å²) in [7, 11) is 0. The molecule has 1 atom stereocenters. The second-order valence-corrected chi connectivity index (χ2v) is 7.36. The Bertz CT molecular complexity index is 835. The van der Waals surface area contributed by atoms with Crippen molar-refractivity contribution >= 4 is 17.4 Å². The van der Waals surface area contributed by atoms with Gasteiger partial charge < -0.3 is 5.11 Å². The van der Waals surface area contributed by atoms with Gasteiger partial charge >= 0.3 is 0 Å². The van der Waals surface area contributed by atoms with Crippen molar-refractivity contribution in [1.29, 1.82) is 0 Å². The minimum Gasteiger partial charge on any atom is -0.395 e. The molecule has 0 unspecified atom stereocenters. The van der Waals surface area contributed by atoms with E-state index in [2.05, 4.69) is 28.9 Å². The molecule has 1 saturated heterocycles. The quantitative estimate of drug-likeness (QED) is 0.624. The average Bonchev–Trinajstić information content (AvgIpc) is 2.69. The van der Waals surface area contributed by atoms with Crippen LogP contribution in [-0.4, -0.2) is 35.5 Å². The Labute approximate surface area is 166 Å². The van der Waals surface area contributed by atoms with E-state index >= 15 is 0 Å². The SMILES string of the molecule is O=C(c1cccc(Cl)c1)[C@@H]1CCCN(Cc2ccc(C#CCCO)cc2)C1. The first kappa shape index (κ1) is 19.6. The highest BCUT2D eigenvalue weighted by atomic mass is 35.5. The van der Waals surface area contributed by atoms with Crippen LogP contribution in [-0.2, 0) is 6.54 Å². The van der Waals surface area contributed by atoms with Gasteiger partial charge in [0.25, 0.3) is 0 Å². The van der Waals surface area contributed by atoms with Gasteiger partial charge in [0.1, 0.15) is 0 Å². The number of aliphatic hydroxyl groups excluding tert-OH is 1. The molecule has 2 aromatic carbocycles. The number of nitrogens with zero attached hydrogens (tertiary/aromatic N) is 1. The van der Waals surface area contributed by atoms with E-state index in [0.717, 1.165) is 38.0 Å². The molecular weight excluding hydrogens is 358 g/mol. The van der Waals surface area contributed by atoms with E-state index in [1.807, 2.05) is 24.3 Å². The zero-order chi connectivity index (χ0) is 19.1. The number of halogens is 1. The summed E-state index contributed by atoms with van der Waals surface area (Å²) in [5.41, 5.74) is 2.89. The maximum atomic E-state index is 12.8. The molecule has 0 aromatic heterocycles. The molecule has 1 aliphatic rings. The molecule has 140 valence electrons. The maximum Gasteiger partial charge on any atom is 0.167 e. The number of hydrogen-bond acceptors (Lipinski definition) is 3. The van der Waals surface area contributed by atoms with Crippen molar-refractivity contribution in [3.8, 4) is 11.8 Å². The van der Waals surface area contributed by atoms with Gasteiger partial charge in [-0.15, -0.1) is 0 Å². The summed E-state index contributed by atoms with van der Waals surface area (Å²) in [6.07, 6.45) is 2.46. The zero-order valence-corrected chi connectivity index (χ0v) is 16.1. The van der Waals surface area contributed by atoms with Crippen LogP contribution in [0.15, 0.2) is 48.5 Å². The molecule has 1 aliphatic heterocycles. The Hall–Kier alpha value is -2.12. The largest absolute Gasteiger partial charge is 0.395 e. The van der Waals surface area contributed by atoms with Gasteiger partial charge in [0.2, 0.25) is 0 Å². The Kier molecular flexibility index (Phi) is 7.06. The van der Waals surface area contributed by atoms with Crippen molar-refractivity contribution in [1.82, 2.24) is 4.90 Å². The summed E-state index contributed by atoms with van der Waals surface area (Å²) in [4.78, 5) is 15.2. The van der Waals surface area contributed by atoms with Gasteiger partial charge in [-0.25, -0.2) is 0 Å². The highest BCUT2D eigenvalue weighted by Gasteiger charge is 2.26. The number of ketones is 1. The molecule has 4 heteroatoms. The Morgan fingerprint density at radius 3 is 2.78 bits per heavy atom. The van der Waals surface area contributed by atoms with Crippen LogP contribution < -0.4 is 0 Å². The van der Waals surface area contributed by atoms with E-state index in [1.165, 1.54) is 5.56 Å². The maximum absolute atomic E-state index is 12.8. The van der Waals surface area contributed by atoms with Crippen LogP contribution in [0.1, 0.15) is 40.7 Å². The summed E-state index contributed by atoms with van der Waals surface area (Å²) in [6, 6.07) is 15.4. The molecular formula is C23H24ClNO2. The van der Waals surface area contributed by atoms with Crippen LogP contribution in [0.3, 0.4) is 0 Å². The van der Waals surface area contributed by atoms with Crippen molar-refractivity contribution in [3.63, 3.8) is 0 Å². The fourth-order valence-corrected chi connectivity index (χ4v) is 3.65. The molecule has 0 saturated carbocycles. The lowest BCUT2D eigenvalue weighted by molar-refractivity contribution is 0.0811. The smallest absolute Gasteiger partial charge is 0.167 e. The van der Waals surface area contributed by atoms with Crippen molar-refractivity contribution in [2.75, 3.05) is 19.7 Å².